The van der Waals surface area contributed by atoms with Gasteiger partial charge in [0.15, 0.2) is 0 Å². The van der Waals surface area contributed by atoms with E-state index in [1.54, 1.807) is 12.2 Å². The van der Waals surface area contributed by atoms with E-state index in [-0.39, 0.29) is 18.4 Å². The summed E-state index contributed by atoms with van der Waals surface area (Å²) in [6, 6.07) is -0.153. The molecule has 5 heteroatoms. The third-order valence-corrected chi connectivity index (χ3v) is 1.79. The fraction of sp³-hybridized carbons (Fsp3) is 0.571. The minimum atomic E-state index is -0.814. The van der Waals surface area contributed by atoms with Gasteiger partial charge in [-0.3, -0.25) is 4.79 Å². The summed E-state index contributed by atoms with van der Waals surface area (Å²) in [4.78, 5) is 12.9. The molecule has 0 radical (unpaired) electrons. The molecule has 0 heterocycles. The summed E-state index contributed by atoms with van der Waals surface area (Å²) in [7, 11) is 0. The van der Waals surface area contributed by atoms with Gasteiger partial charge < -0.3 is 5.11 Å². The Balaban J connectivity index is 2.42. The maximum absolute atomic E-state index is 10.3. The van der Waals surface area contributed by atoms with Crippen molar-refractivity contribution in [2.45, 2.75) is 18.9 Å². The van der Waals surface area contributed by atoms with Crippen LogP contribution in [0.15, 0.2) is 17.3 Å². The molecule has 5 nitrogen and oxygen atoms in total. The number of carboxylic acids is 1. The Bertz CT molecular complexity index is 255. The maximum Gasteiger partial charge on any atom is 0.303 e. The van der Waals surface area contributed by atoms with Crippen molar-refractivity contribution < 1.29 is 9.90 Å². The van der Waals surface area contributed by atoms with E-state index in [9.17, 15) is 4.79 Å². The number of rotatable bonds is 3. The van der Waals surface area contributed by atoms with Crippen LogP contribution in [0.3, 0.4) is 0 Å². The quantitative estimate of drug-likeness (QED) is 0.300. The van der Waals surface area contributed by atoms with Crippen LogP contribution >= 0.6 is 0 Å². The lowest BCUT2D eigenvalue weighted by Gasteiger charge is -2.03. The fourth-order valence-electron chi connectivity index (χ4n) is 1.28. The van der Waals surface area contributed by atoms with Crippen LogP contribution in [-0.2, 0) is 4.79 Å². The number of aliphatic carboxylic acids is 1. The van der Waals surface area contributed by atoms with Gasteiger partial charge in [0.05, 0.1) is 12.5 Å². The van der Waals surface area contributed by atoms with Gasteiger partial charge in [0.2, 0.25) is 0 Å². The van der Waals surface area contributed by atoms with Gasteiger partial charge in [-0.1, -0.05) is 17.3 Å². The van der Waals surface area contributed by atoms with Gasteiger partial charge in [-0.05, 0) is 17.9 Å². The normalized spacial score (nSPS) is 26.7. The van der Waals surface area contributed by atoms with Crippen molar-refractivity contribution in [2.24, 2.45) is 11.0 Å². The van der Waals surface area contributed by atoms with E-state index >= 15 is 0 Å². The molecule has 0 aromatic carbocycles. The van der Waals surface area contributed by atoms with Crippen molar-refractivity contribution in [3.63, 3.8) is 0 Å². The SMILES string of the molecule is [N-]=[N+]=N[C@H]1C=C[C@@H](CC(=O)O)C1. The van der Waals surface area contributed by atoms with E-state index in [0.29, 0.717) is 6.42 Å². The van der Waals surface area contributed by atoms with Crippen LogP contribution in [0, 0.1) is 5.92 Å². The van der Waals surface area contributed by atoms with E-state index in [1.165, 1.54) is 0 Å². The molecular formula is C7H9N3O2. The fourth-order valence-corrected chi connectivity index (χ4v) is 1.28. The average Bonchev–Trinajstić information content (AvgIpc) is 2.36. The van der Waals surface area contributed by atoms with E-state index in [1.807, 2.05) is 0 Å². The molecule has 0 aliphatic heterocycles. The van der Waals surface area contributed by atoms with Gasteiger partial charge in [-0.2, -0.15) is 0 Å². The van der Waals surface area contributed by atoms with Crippen LogP contribution in [0.5, 0.6) is 0 Å². The topological polar surface area (TPSA) is 86.1 Å². The predicted octanol–water partition coefficient (Wildman–Crippen LogP) is 1.72. The predicted molar refractivity (Wildman–Crippen MR) is 42.4 cm³/mol. The van der Waals surface area contributed by atoms with Crippen molar-refractivity contribution >= 4 is 5.97 Å². The molecular weight excluding hydrogens is 158 g/mol. The summed E-state index contributed by atoms with van der Waals surface area (Å²) in [6.07, 6.45) is 4.30. The number of allylic oxidation sites excluding steroid dienone is 1. The first kappa shape index (κ1) is 8.62. The molecule has 0 aromatic heterocycles. The van der Waals surface area contributed by atoms with Crippen molar-refractivity contribution in [1.29, 1.82) is 0 Å². The molecule has 0 aromatic rings. The third kappa shape index (κ3) is 2.29. The van der Waals surface area contributed by atoms with Crippen molar-refractivity contribution in [1.82, 2.24) is 0 Å². The van der Waals surface area contributed by atoms with Crippen LogP contribution in [0.4, 0.5) is 0 Å². The van der Waals surface area contributed by atoms with Crippen molar-refractivity contribution in [3.8, 4) is 0 Å². The Morgan fingerprint density at radius 3 is 3.08 bits per heavy atom. The Labute approximate surface area is 69.3 Å². The second-order valence-electron chi connectivity index (χ2n) is 2.75. The molecule has 0 saturated heterocycles. The van der Waals surface area contributed by atoms with E-state index in [4.69, 9.17) is 10.6 Å². The van der Waals surface area contributed by atoms with Crippen molar-refractivity contribution in [3.05, 3.63) is 22.6 Å². The molecule has 0 amide bonds. The van der Waals surface area contributed by atoms with Crippen LogP contribution in [0.2, 0.25) is 0 Å². The molecule has 0 fully saturated rings. The summed E-state index contributed by atoms with van der Waals surface area (Å²) in [5.74, 6) is -0.788. The number of carbonyl (C=O) groups is 1. The van der Waals surface area contributed by atoms with Gasteiger partial charge in [0, 0.05) is 4.91 Å². The summed E-state index contributed by atoms with van der Waals surface area (Å²) in [5, 5.41) is 11.9. The zero-order valence-electron chi connectivity index (χ0n) is 6.42. The van der Waals surface area contributed by atoms with Crippen LogP contribution in [-0.4, -0.2) is 17.1 Å². The van der Waals surface area contributed by atoms with Crippen molar-refractivity contribution in [2.75, 3.05) is 0 Å². The minimum Gasteiger partial charge on any atom is -0.481 e. The van der Waals surface area contributed by atoms with Crippen LogP contribution < -0.4 is 0 Å². The number of nitrogens with zero attached hydrogens (tertiary/aromatic N) is 3. The Hall–Kier alpha value is -1.48. The highest BCUT2D eigenvalue weighted by atomic mass is 16.4. The van der Waals surface area contributed by atoms with Crippen LogP contribution in [0.25, 0.3) is 10.4 Å². The molecule has 0 saturated carbocycles. The highest BCUT2D eigenvalue weighted by Crippen LogP contribution is 2.23. The van der Waals surface area contributed by atoms with Gasteiger partial charge in [0.1, 0.15) is 0 Å². The minimum absolute atomic E-state index is 0.0259. The summed E-state index contributed by atoms with van der Waals surface area (Å²) in [5.41, 5.74) is 8.10. The first-order valence-electron chi connectivity index (χ1n) is 3.66. The second-order valence-corrected chi connectivity index (χ2v) is 2.75. The molecule has 2 atom stereocenters. The second kappa shape index (κ2) is 3.78. The summed E-state index contributed by atoms with van der Waals surface area (Å²) < 4.78 is 0. The largest absolute Gasteiger partial charge is 0.481 e. The third-order valence-electron chi connectivity index (χ3n) is 1.79. The number of azide groups is 1. The highest BCUT2D eigenvalue weighted by molar-refractivity contribution is 5.67. The molecule has 1 aliphatic rings. The lowest BCUT2D eigenvalue weighted by Crippen LogP contribution is -2.05. The van der Waals surface area contributed by atoms with E-state index in [0.717, 1.165) is 0 Å². The highest BCUT2D eigenvalue weighted by Gasteiger charge is 2.19. The van der Waals surface area contributed by atoms with Crippen LogP contribution in [0.1, 0.15) is 12.8 Å². The number of hydrogen-bond donors (Lipinski definition) is 1. The lowest BCUT2D eigenvalue weighted by molar-refractivity contribution is -0.137. The summed E-state index contributed by atoms with van der Waals surface area (Å²) in [6.45, 7) is 0. The van der Waals surface area contributed by atoms with Gasteiger partial charge in [-0.25, -0.2) is 0 Å². The van der Waals surface area contributed by atoms with Gasteiger partial charge in [-0.15, -0.1) is 0 Å². The van der Waals surface area contributed by atoms with Gasteiger partial charge >= 0.3 is 5.97 Å². The Kier molecular flexibility index (Phi) is 2.71. The molecule has 1 N–H and O–H groups in total. The maximum atomic E-state index is 10.3. The van der Waals surface area contributed by atoms with E-state index in [2.05, 4.69) is 10.0 Å². The van der Waals surface area contributed by atoms with E-state index < -0.39 is 5.97 Å². The first-order chi connectivity index (χ1) is 5.72. The molecule has 1 rings (SSSR count). The van der Waals surface area contributed by atoms with Gasteiger partial charge in [0.25, 0.3) is 0 Å². The Morgan fingerprint density at radius 1 is 1.75 bits per heavy atom. The molecule has 0 unspecified atom stereocenters. The molecule has 0 bridgehead atoms. The zero-order chi connectivity index (χ0) is 8.97. The zero-order valence-corrected chi connectivity index (χ0v) is 6.42. The Morgan fingerprint density at radius 2 is 2.50 bits per heavy atom. The monoisotopic (exact) mass is 167 g/mol. The molecule has 0 spiro atoms. The standard InChI is InChI=1S/C7H9N3O2/c8-10-9-6-2-1-5(3-6)4-7(11)12/h1-2,5-6H,3-4H2,(H,11,12)/t5-,6+/m1/s1. The molecule has 64 valence electrons. The lowest BCUT2D eigenvalue weighted by atomic mass is 10.0. The molecule has 12 heavy (non-hydrogen) atoms. The smallest absolute Gasteiger partial charge is 0.303 e. The number of hydrogen-bond acceptors (Lipinski definition) is 2. The summed E-state index contributed by atoms with van der Waals surface area (Å²) >= 11 is 0. The average molecular weight is 167 g/mol. The number of carboxylic acid groups (broad SMARTS) is 1. The molecule has 1 aliphatic carbocycles. The first-order valence-corrected chi connectivity index (χ1v) is 3.66.